The van der Waals surface area contributed by atoms with Crippen molar-refractivity contribution in [2.45, 2.75) is 0 Å². The van der Waals surface area contributed by atoms with Crippen molar-refractivity contribution in [3.05, 3.63) is 48.5 Å². The smallest absolute Gasteiger partial charge is 0.0704 e. The normalized spacial score (nSPS) is 11.0. The molecule has 0 amide bonds. The van der Waals surface area contributed by atoms with Crippen LogP contribution >= 0.6 is 0 Å². The number of nitrogen functional groups attached to an aromatic ring is 1. The average molecular weight is 208 g/mol. The van der Waals surface area contributed by atoms with Crippen LogP contribution in [0.3, 0.4) is 0 Å². The molecular weight excluding hydrogens is 196 g/mol. The summed E-state index contributed by atoms with van der Waals surface area (Å²) in [5.74, 6) is 0. The number of nitrogens with one attached hydrogen (secondary N) is 1. The predicted molar refractivity (Wildman–Crippen MR) is 70.3 cm³/mol. The second-order valence-electron chi connectivity index (χ2n) is 3.87. The minimum absolute atomic E-state index is 0.767. The number of benzene rings is 2. The highest BCUT2D eigenvalue weighted by Gasteiger charge is 2.07. The first-order valence-corrected chi connectivity index (χ1v) is 5.22. The molecule has 3 aromatic rings. The largest absolute Gasteiger partial charge is 0.397 e. The summed E-state index contributed by atoms with van der Waals surface area (Å²) >= 11 is 0. The molecule has 0 aliphatic heterocycles. The first kappa shape index (κ1) is 9.04. The van der Waals surface area contributed by atoms with Gasteiger partial charge in [-0.15, -0.1) is 0 Å². The fraction of sp³-hybridized carbons (Fsp3) is 0. The van der Waals surface area contributed by atoms with Crippen molar-refractivity contribution in [2.24, 2.45) is 0 Å². The quantitative estimate of drug-likeness (QED) is 0.590. The van der Waals surface area contributed by atoms with E-state index in [1.165, 1.54) is 10.8 Å². The number of aromatic amines is 1. The van der Waals surface area contributed by atoms with Crippen LogP contribution in [0.15, 0.2) is 43.0 Å². The molecule has 0 aliphatic rings. The zero-order chi connectivity index (χ0) is 11.1. The minimum atomic E-state index is 0.767. The Bertz CT molecular complexity index is 692. The SMILES string of the molecule is C=Cc1ccc2c([nH]c3ccccc32)c1N. The molecule has 78 valence electrons. The molecular formula is C14H12N2. The van der Waals surface area contributed by atoms with Gasteiger partial charge >= 0.3 is 0 Å². The van der Waals surface area contributed by atoms with Crippen LogP contribution in [0.4, 0.5) is 5.69 Å². The molecule has 0 fully saturated rings. The van der Waals surface area contributed by atoms with Gasteiger partial charge in [-0.1, -0.05) is 43.0 Å². The molecule has 1 aromatic heterocycles. The van der Waals surface area contributed by atoms with Gasteiger partial charge in [-0.2, -0.15) is 0 Å². The van der Waals surface area contributed by atoms with Gasteiger partial charge in [0.1, 0.15) is 0 Å². The number of nitrogens with two attached hydrogens (primary N) is 1. The maximum absolute atomic E-state index is 6.09. The Morgan fingerprint density at radius 3 is 2.69 bits per heavy atom. The van der Waals surface area contributed by atoms with Gasteiger partial charge in [0.05, 0.1) is 11.2 Å². The number of H-pyrrole nitrogens is 1. The molecule has 3 N–H and O–H groups in total. The lowest BCUT2D eigenvalue weighted by atomic mass is 10.1. The Hall–Kier alpha value is -2.22. The van der Waals surface area contributed by atoms with Gasteiger partial charge < -0.3 is 10.7 Å². The number of para-hydroxylation sites is 1. The van der Waals surface area contributed by atoms with E-state index in [0.29, 0.717) is 0 Å². The Morgan fingerprint density at radius 2 is 1.88 bits per heavy atom. The first-order valence-electron chi connectivity index (χ1n) is 5.22. The van der Waals surface area contributed by atoms with Gasteiger partial charge in [0, 0.05) is 16.3 Å². The van der Waals surface area contributed by atoms with Crippen LogP contribution in [0, 0.1) is 0 Å². The van der Waals surface area contributed by atoms with E-state index >= 15 is 0 Å². The summed E-state index contributed by atoms with van der Waals surface area (Å²) in [6, 6.07) is 12.3. The van der Waals surface area contributed by atoms with Crippen molar-refractivity contribution < 1.29 is 0 Å². The molecule has 0 bridgehead atoms. The summed E-state index contributed by atoms with van der Waals surface area (Å²) in [5.41, 5.74) is 9.94. The Kier molecular flexibility index (Phi) is 1.77. The highest BCUT2D eigenvalue weighted by molar-refractivity contribution is 6.11. The van der Waals surface area contributed by atoms with Crippen LogP contribution in [0.5, 0.6) is 0 Å². The van der Waals surface area contributed by atoms with Crippen molar-refractivity contribution in [1.29, 1.82) is 0 Å². The standard InChI is InChI=1S/C14H12N2/c1-2-9-7-8-11-10-5-3-4-6-12(10)16-14(11)13(9)15/h2-8,16H,1,15H2. The zero-order valence-electron chi connectivity index (χ0n) is 8.83. The number of rotatable bonds is 1. The average Bonchev–Trinajstić information content (AvgIpc) is 2.69. The van der Waals surface area contributed by atoms with E-state index in [0.717, 1.165) is 22.3 Å². The molecule has 0 atom stereocenters. The van der Waals surface area contributed by atoms with Crippen LogP contribution in [-0.4, -0.2) is 4.98 Å². The summed E-state index contributed by atoms with van der Waals surface area (Å²) in [6.45, 7) is 3.76. The summed E-state index contributed by atoms with van der Waals surface area (Å²) in [5, 5.41) is 2.37. The third-order valence-electron chi connectivity index (χ3n) is 2.98. The molecule has 16 heavy (non-hydrogen) atoms. The molecule has 0 radical (unpaired) electrons. The summed E-state index contributed by atoms with van der Waals surface area (Å²) in [7, 11) is 0. The number of hydrogen-bond acceptors (Lipinski definition) is 1. The Labute approximate surface area is 93.4 Å². The van der Waals surface area contributed by atoms with Crippen molar-refractivity contribution in [2.75, 3.05) is 5.73 Å². The minimum Gasteiger partial charge on any atom is -0.397 e. The van der Waals surface area contributed by atoms with E-state index in [4.69, 9.17) is 5.73 Å². The van der Waals surface area contributed by atoms with Gasteiger partial charge in [-0.3, -0.25) is 0 Å². The third kappa shape index (κ3) is 1.07. The molecule has 0 aliphatic carbocycles. The molecule has 3 rings (SSSR count). The zero-order valence-corrected chi connectivity index (χ0v) is 8.83. The third-order valence-corrected chi connectivity index (χ3v) is 2.98. The van der Waals surface area contributed by atoms with Crippen LogP contribution < -0.4 is 5.73 Å². The number of anilines is 1. The summed E-state index contributed by atoms with van der Waals surface area (Å²) in [4.78, 5) is 3.35. The Balaban J connectivity index is 2.54. The fourth-order valence-corrected chi connectivity index (χ4v) is 2.13. The predicted octanol–water partition coefficient (Wildman–Crippen LogP) is 3.55. The molecule has 0 saturated carbocycles. The van der Waals surface area contributed by atoms with E-state index in [2.05, 4.69) is 29.8 Å². The van der Waals surface area contributed by atoms with Crippen molar-refractivity contribution >= 4 is 33.6 Å². The number of aromatic nitrogens is 1. The van der Waals surface area contributed by atoms with Gasteiger partial charge in [0.2, 0.25) is 0 Å². The van der Waals surface area contributed by atoms with E-state index in [-0.39, 0.29) is 0 Å². The summed E-state index contributed by atoms with van der Waals surface area (Å²) < 4.78 is 0. The van der Waals surface area contributed by atoms with Gasteiger partial charge in [0.25, 0.3) is 0 Å². The van der Waals surface area contributed by atoms with Crippen LogP contribution in [0.25, 0.3) is 27.9 Å². The maximum Gasteiger partial charge on any atom is 0.0704 e. The molecule has 0 saturated heterocycles. The lowest BCUT2D eigenvalue weighted by molar-refractivity contribution is 1.54. The maximum atomic E-state index is 6.09. The van der Waals surface area contributed by atoms with Gasteiger partial charge in [-0.05, 0) is 11.6 Å². The highest BCUT2D eigenvalue weighted by atomic mass is 14.7. The fourth-order valence-electron chi connectivity index (χ4n) is 2.13. The topological polar surface area (TPSA) is 41.8 Å². The van der Waals surface area contributed by atoms with Crippen molar-refractivity contribution in [3.8, 4) is 0 Å². The lowest BCUT2D eigenvalue weighted by Crippen LogP contribution is -1.90. The van der Waals surface area contributed by atoms with Gasteiger partial charge in [-0.25, -0.2) is 0 Å². The van der Waals surface area contributed by atoms with Gasteiger partial charge in [0.15, 0.2) is 0 Å². The van der Waals surface area contributed by atoms with E-state index in [1.54, 1.807) is 6.08 Å². The second kappa shape index (κ2) is 3.14. The summed E-state index contributed by atoms with van der Waals surface area (Å²) in [6.07, 6.45) is 1.78. The molecule has 2 aromatic carbocycles. The van der Waals surface area contributed by atoms with Crippen LogP contribution in [0.2, 0.25) is 0 Å². The lowest BCUT2D eigenvalue weighted by Gasteiger charge is -2.01. The second-order valence-corrected chi connectivity index (χ2v) is 3.87. The van der Waals surface area contributed by atoms with E-state index < -0.39 is 0 Å². The Morgan fingerprint density at radius 1 is 1.06 bits per heavy atom. The molecule has 0 spiro atoms. The van der Waals surface area contributed by atoms with E-state index in [1.807, 2.05) is 18.2 Å². The molecule has 1 heterocycles. The van der Waals surface area contributed by atoms with Crippen LogP contribution in [0.1, 0.15) is 5.56 Å². The number of hydrogen-bond donors (Lipinski definition) is 2. The van der Waals surface area contributed by atoms with Crippen LogP contribution in [-0.2, 0) is 0 Å². The first-order chi connectivity index (χ1) is 7.81. The highest BCUT2D eigenvalue weighted by Crippen LogP contribution is 2.31. The van der Waals surface area contributed by atoms with Crippen molar-refractivity contribution in [1.82, 2.24) is 4.98 Å². The molecule has 2 heteroatoms. The van der Waals surface area contributed by atoms with E-state index in [9.17, 15) is 0 Å². The monoisotopic (exact) mass is 208 g/mol. The number of fused-ring (bicyclic) bond motifs is 3. The van der Waals surface area contributed by atoms with Crippen molar-refractivity contribution in [3.63, 3.8) is 0 Å². The molecule has 0 unspecified atom stereocenters. The molecule has 2 nitrogen and oxygen atoms in total.